The van der Waals surface area contributed by atoms with Crippen LogP contribution in [0.5, 0.6) is 5.75 Å². The molecule has 0 heterocycles. The van der Waals surface area contributed by atoms with Crippen LogP contribution in [0.3, 0.4) is 0 Å². The number of rotatable bonds is 11. The van der Waals surface area contributed by atoms with Crippen LogP contribution in [-0.4, -0.2) is 36.8 Å². The zero-order valence-corrected chi connectivity index (χ0v) is 21.4. The van der Waals surface area contributed by atoms with Crippen molar-refractivity contribution in [3.05, 3.63) is 83.9 Å². The number of amides is 2. The molecule has 7 nitrogen and oxygen atoms in total. The minimum absolute atomic E-state index is 0.159. The van der Waals surface area contributed by atoms with Gasteiger partial charge in [-0.25, -0.2) is 4.79 Å². The summed E-state index contributed by atoms with van der Waals surface area (Å²) in [7, 11) is 1.55. The van der Waals surface area contributed by atoms with Crippen LogP contribution in [-0.2, 0) is 9.53 Å². The Balaban J connectivity index is 1.50. The Hall–Kier alpha value is -3.78. The Morgan fingerprint density at radius 1 is 0.889 bits per heavy atom. The lowest BCUT2D eigenvalue weighted by Crippen LogP contribution is -2.22. The Bertz CT molecular complexity index is 1180. The zero-order valence-electron chi connectivity index (χ0n) is 20.6. The third kappa shape index (κ3) is 7.88. The van der Waals surface area contributed by atoms with Gasteiger partial charge in [-0.3, -0.25) is 9.59 Å². The monoisotopic (exact) mass is 506 g/mol. The van der Waals surface area contributed by atoms with Gasteiger partial charge in [0.25, 0.3) is 5.91 Å². The number of esters is 1. The minimum atomic E-state index is -0.367. The molecule has 3 aromatic rings. The third-order valence-corrected chi connectivity index (χ3v) is 6.36. The number of unbranched alkanes of at least 4 members (excludes halogenated alkanes) is 1. The highest BCUT2D eigenvalue weighted by Crippen LogP contribution is 2.26. The lowest BCUT2D eigenvalue weighted by molar-refractivity contribution is -0.115. The molecule has 0 aromatic heterocycles. The summed E-state index contributed by atoms with van der Waals surface area (Å²) in [6.07, 6.45) is 1.79. The summed E-state index contributed by atoms with van der Waals surface area (Å²) in [6.45, 7) is 4.25. The van der Waals surface area contributed by atoms with E-state index in [0.717, 1.165) is 17.7 Å². The van der Waals surface area contributed by atoms with Gasteiger partial charge in [-0.2, -0.15) is 0 Å². The van der Waals surface area contributed by atoms with E-state index in [1.54, 1.807) is 67.8 Å². The Morgan fingerprint density at radius 2 is 1.56 bits per heavy atom. The van der Waals surface area contributed by atoms with E-state index in [4.69, 9.17) is 9.47 Å². The van der Waals surface area contributed by atoms with Crippen LogP contribution in [0.4, 0.5) is 11.4 Å². The van der Waals surface area contributed by atoms with Gasteiger partial charge in [0.2, 0.25) is 5.91 Å². The molecule has 8 heteroatoms. The summed E-state index contributed by atoms with van der Waals surface area (Å²) < 4.78 is 10.4. The highest BCUT2D eigenvalue weighted by atomic mass is 32.2. The maximum atomic E-state index is 12.6. The first-order chi connectivity index (χ1) is 17.4. The molecule has 3 rings (SSSR count). The topological polar surface area (TPSA) is 93.7 Å². The molecule has 2 N–H and O–H groups in total. The lowest BCUT2D eigenvalue weighted by Gasteiger charge is -2.13. The van der Waals surface area contributed by atoms with Crippen molar-refractivity contribution in [3.63, 3.8) is 0 Å². The molecule has 0 aliphatic heterocycles. The molecular weight excluding hydrogens is 476 g/mol. The summed E-state index contributed by atoms with van der Waals surface area (Å²) in [5.74, 6) is -0.146. The summed E-state index contributed by atoms with van der Waals surface area (Å²) in [4.78, 5) is 38.0. The number of nitrogens with one attached hydrogen (secondary N) is 2. The molecule has 0 aliphatic carbocycles. The van der Waals surface area contributed by atoms with Crippen molar-refractivity contribution in [3.8, 4) is 5.75 Å². The first-order valence-corrected chi connectivity index (χ1v) is 12.6. The van der Waals surface area contributed by atoms with Crippen molar-refractivity contribution in [2.45, 2.75) is 36.8 Å². The number of methoxy groups -OCH3 is 1. The first kappa shape index (κ1) is 26.8. The van der Waals surface area contributed by atoms with Crippen LogP contribution < -0.4 is 15.4 Å². The van der Waals surface area contributed by atoms with E-state index in [0.29, 0.717) is 34.9 Å². The number of hydrogen-bond acceptors (Lipinski definition) is 6. The number of anilines is 2. The maximum Gasteiger partial charge on any atom is 0.338 e. The van der Waals surface area contributed by atoms with Crippen LogP contribution in [0.15, 0.2) is 77.7 Å². The molecule has 0 aliphatic rings. The third-order valence-electron chi connectivity index (χ3n) is 5.25. The normalized spacial score (nSPS) is 11.3. The van der Waals surface area contributed by atoms with Crippen molar-refractivity contribution >= 4 is 40.9 Å². The molecule has 0 spiro atoms. The number of thioether (sulfide) groups is 1. The van der Waals surface area contributed by atoms with E-state index in [1.807, 2.05) is 26.0 Å². The minimum Gasteiger partial charge on any atom is -0.497 e. The van der Waals surface area contributed by atoms with Crippen LogP contribution in [0.25, 0.3) is 0 Å². The molecule has 0 saturated heterocycles. The van der Waals surface area contributed by atoms with Crippen molar-refractivity contribution in [2.75, 3.05) is 24.4 Å². The van der Waals surface area contributed by atoms with Gasteiger partial charge in [0.15, 0.2) is 0 Å². The number of hydrogen-bond donors (Lipinski definition) is 2. The predicted molar refractivity (Wildman–Crippen MR) is 143 cm³/mol. The molecule has 1 unspecified atom stereocenters. The SMILES string of the molecule is CCCCOC(=O)c1ccc(NC(=O)C(C)Sc2ccc(NC(=O)c3cccc(OC)c3)cc2)cc1. The molecule has 188 valence electrons. The molecule has 0 fully saturated rings. The molecule has 2 amide bonds. The van der Waals surface area contributed by atoms with Crippen LogP contribution in [0, 0.1) is 0 Å². The summed E-state index contributed by atoms with van der Waals surface area (Å²) >= 11 is 1.40. The van der Waals surface area contributed by atoms with E-state index in [1.165, 1.54) is 11.8 Å². The largest absolute Gasteiger partial charge is 0.497 e. The first-order valence-electron chi connectivity index (χ1n) is 11.7. The van der Waals surface area contributed by atoms with Gasteiger partial charge >= 0.3 is 5.97 Å². The van der Waals surface area contributed by atoms with Gasteiger partial charge in [0.1, 0.15) is 5.75 Å². The Morgan fingerprint density at radius 3 is 2.22 bits per heavy atom. The van der Waals surface area contributed by atoms with Crippen molar-refractivity contribution in [2.24, 2.45) is 0 Å². The average molecular weight is 507 g/mol. The maximum absolute atomic E-state index is 12.6. The fourth-order valence-electron chi connectivity index (χ4n) is 3.17. The van der Waals surface area contributed by atoms with Crippen molar-refractivity contribution in [1.29, 1.82) is 0 Å². The number of carbonyl (C=O) groups is 3. The van der Waals surface area contributed by atoms with Crippen LogP contribution in [0.2, 0.25) is 0 Å². The molecule has 0 saturated carbocycles. The Labute approximate surface area is 215 Å². The molecule has 0 bridgehead atoms. The van der Waals surface area contributed by atoms with Crippen LogP contribution >= 0.6 is 11.8 Å². The standard InChI is InChI=1S/C28H30N2O5S/c1-4-5-17-35-28(33)20-9-11-22(12-10-20)29-26(31)19(2)36-25-15-13-23(14-16-25)30-27(32)21-7-6-8-24(18-21)34-3/h6-16,18-19H,4-5,17H2,1-3H3,(H,29,31)(H,30,32). The molecule has 3 aromatic carbocycles. The van der Waals surface area contributed by atoms with Gasteiger partial charge in [-0.05, 0) is 80.1 Å². The highest BCUT2D eigenvalue weighted by molar-refractivity contribution is 8.00. The summed E-state index contributed by atoms with van der Waals surface area (Å²) in [6, 6.07) is 20.9. The quantitative estimate of drug-likeness (QED) is 0.188. The van der Waals surface area contributed by atoms with E-state index >= 15 is 0 Å². The average Bonchev–Trinajstić information content (AvgIpc) is 2.90. The zero-order chi connectivity index (χ0) is 25.9. The summed E-state index contributed by atoms with van der Waals surface area (Å²) in [5, 5.41) is 5.36. The van der Waals surface area contributed by atoms with E-state index < -0.39 is 0 Å². The fraction of sp³-hybridized carbons (Fsp3) is 0.250. The van der Waals surface area contributed by atoms with Gasteiger partial charge < -0.3 is 20.1 Å². The molecule has 36 heavy (non-hydrogen) atoms. The predicted octanol–water partition coefficient (Wildman–Crippen LogP) is 6.02. The Kier molecular flexibility index (Phi) is 9.94. The molecular formula is C28H30N2O5S. The number of carbonyl (C=O) groups excluding carboxylic acids is 3. The van der Waals surface area contributed by atoms with E-state index in [9.17, 15) is 14.4 Å². The second-order valence-corrected chi connectivity index (χ2v) is 9.44. The van der Waals surface area contributed by atoms with Crippen LogP contribution in [0.1, 0.15) is 47.4 Å². The number of ether oxygens (including phenoxy) is 2. The second-order valence-electron chi connectivity index (χ2n) is 8.03. The second kappa shape index (κ2) is 13.3. The van der Waals surface area contributed by atoms with Crippen molar-refractivity contribution in [1.82, 2.24) is 0 Å². The van der Waals surface area contributed by atoms with Gasteiger partial charge in [-0.15, -0.1) is 11.8 Å². The fourth-order valence-corrected chi connectivity index (χ4v) is 4.04. The summed E-state index contributed by atoms with van der Waals surface area (Å²) in [5.41, 5.74) is 2.20. The van der Waals surface area contributed by atoms with E-state index in [-0.39, 0.29) is 23.0 Å². The van der Waals surface area contributed by atoms with Gasteiger partial charge in [0, 0.05) is 21.8 Å². The molecule has 0 radical (unpaired) electrons. The van der Waals surface area contributed by atoms with Gasteiger partial charge in [-0.1, -0.05) is 19.4 Å². The van der Waals surface area contributed by atoms with E-state index in [2.05, 4.69) is 10.6 Å². The molecule has 1 atom stereocenters. The highest BCUT2D eigenvalue weighted by Gasteiger charge is 2.16. The number of benzene rings is 3. The lowest BCUT2D eigenvalue weighted by atomic mass is 10.2. The van der Waals surface area contributed by atoms with Crippen molar-refractivity contribution < 1.29 is 23.9 Å². The smallest absolute Gasteiger partial charge is 0.338 e. The van der Waals surface area contributed by atoms with Gasteiger partial charge in [0.05, 0.1) is 24.5 Å².